The normalized spacial score (nSPS) is 23.1. The Hall–Kier alpha value is -2.95. The van der Waals surface area contributed by atoms with Crippen molar-refractivity contribution < 1.29 is 27.8 Å². The van der Waals surface area contributed by atoms with E-state index in [1.807, 2.05) is 6.07 Å². The summed E-state index contributed by atoms with van der Waals surface area (Å²) in [5, 5.41) is 8.88. The van der Waals surface area contributed by atoms with Crippen molar-refractivity contribution >= 4 is 34.9 Å². The molecule has 3 amide bonds. The molecular weight excluding hydrogens is 506 g/mol. The fraction of sp³-hybridized carbons (Fsp3) is 0.462. The van der Waals surface area contributed by atoms with E-state index in [4.69, 9.17) is 21.1 Å². The summed E-state index contributed by atoms with van der Waals surface area (Å²) in [5.41, 5.74) is 0.988. The highest BCUT2D eigenvalue weighted by molar-refractivity contribution is 6.30. The maximum atomic E-state index is 13.8. The third kappa shape index (κ3) is 5.51. The zero-order chi connectivity index (χ0) is 26.0. The molecule has 5 rings (SSSR count). The number of carbonyl (C=O) groups excluding carboxylic acids is 2. The van der Waals surface area contributed by atoms with E-state index in [-0.39, 0.29) is 24.1 Å². The van der Waals surface area contributed by atoms with E-state index in [9.17, 15) is 18.4 Å². The molecule has 3 aliphatic rings. The minimum Gasteiger partial charge on any atom is -0.481 e. The molecule has 1 unspecified atom stereocenters. The lowest BCUT2D eigenvalue weighted by atomic mass is 9.88. The Morgan fingerprint density at radius 2 is 2.00 bits per heavy atom. The third-order valence-electron chi connectivity index (χ3n) is 7.09. The topological polar surface area (TPSA) is 91.9 Å². The van der Waals surface area contributed by atoms with Crippen LogP contribution >= 0.6 is 11.6 Å². The number of fused-ring (bicyclic) bond motifs is 2. The molecule has 11 heteroatoms. The van der Waals surface area contributed by atoms with Gasteiger partial charge in [0.15, 0.2) is 5.60 Å². The first-order chi connectivity index (χ1) is 17.9. The fourth-order valence-electron chi connectivity index (χ4n) is 5.13. The predicted octanol–water partition coefficient (Wildman–Crippen LogP) is 4.25. The lowest BCUT2D eigenvalue weighted by molar-refractivity contribution is -0.121. The first-order valence-electron chi connectivity index (χ1n) is 12.3. The molecule has 2 aromatic carbocycles. The summed E-state index contributed by atoms with van der Waals surface area (Å²) >= 11 is 6.04. The number of hydrogen-bond donors (Lipinski definition) is 3. The van der Waals surface area contributed by atoms with E-state index < -0.39 is 31.0 Å². The quantitative estimate of drug-likeness (QED) is 0.533. The Balaban J connectivity index is 1.28. The standard InChI is InChI=1S/C26H29ClF2N4O4/c27-17-3-5-19-21(13-26(14-28,15-29)37-23(19)11-17)32-25(35)30-18-4-2-16-10-22(24(34)31-20(16)12-18)33-6-1-8-36-9-7-33/h2-5,11-12,21-22H,1,6-10,13-15H2,(H,31,34)(H2,30,32,35)/t21-,22?/m1/s1. The van der Waals surface area contributed by atoms with Gasteiger partial charge in [-0.3, -0.25) is 9.69 Å². The molecule has 37 heavy (non-hydrogen) atoms. The molecule has 3 heterocycles. The van der Waals surface area contributed by atoms with E-state index >= 15 is 0 Å². The summed E-state index contributed by atoms with van der Waals surface area (Å²) in [6.07, 6.45) is 1.38. The van der Waals surface area contributed by atoms with Crippen LogP contribution in [0.3, 0.4) is 0 Å². The molecule has 1 saturated heterocycles. The Bertz CT molecular complexity index is 1170. The van der Waals surface area contributed by atoms with Crippen LogP contribution in [0.15, 0.2) is 36.4 Å². The van der Waals surface area contributed by atoms with Gasteiger partial charge < -0.3 is 25.4 Å². The van der Waals surface area contributed by atoms with Crippen LogP contribution < -0.4 is 20.7 Å². The van der Waals surface area contributed by atoms with Crippen molar-refractivity contribution in [3.05, 3.63) is 52.5 Å². The molecule has 198 valence electrons. The average molecular weight is 535 g/mol. The zero-order valence-electron chi connectivity index (χ0n) is 20.2. The highest BCUT2D eigenvalue weighted by Gasteiger charge is 2.42. The van der Waals surface area contributed by atoms with E-state index in [0.29, 0.717) is 48.1 Å². The van der Waals surface area contributed by atoms with Gasteiger partial charge in [0, 0.05) is 48.1 Å². The van der Waals surface area contributed by atoms with Gasteiger partial charge in [-0.15, -0.1) is 0 Å². The second-order valence-electron chi connectivity index (χ2n) is 9.67. The van der Waals surface area contributed by atoms with Crippen LogP contribution in [0.2, 0.25) is 5.02 Å². The second kappa shape index (κ2) is 10.8. The molecule has 0 aliphatic carbocycles. The van der Waals surface area contributed by atoms with E-state index in [0.717, 1.165) is 18.5 Å². The van der Waals surface area contributed by atoms with Gasteiger partial charge in [-0.25, -0.2) is 13.6 Å². The molecule has 0 radical (unpaired) electrons. The van der Waals surface area contributed by atoms with Crippen LogP contribution in [0.25, 0.3) is 0 Å². The lowest BCUT2D eigenvalue weighted by Crippen LogP contribution is -2.49. The first-order valence-corrected chi connectivity index (χ1v) is 12.7. The molecule has 0 spiro atoms. The van der Waals surface area contributed by atoms with E-state index in [1.54, 1.807) is 24.3 Å². The number of nitrogens with zero attached hydrogens (tertiary/aromatic N) is 1. The highest BCUT2D eigenvalue weighted by Crippen LogP contribution is 2.41. The summed E-state index contributed by atoms with van der Waals surface area (Å²) in [6.45, 7) is 0.726. The number of alkyl halides is 2. The number of ether oxygens (including phenoxy) is 2. The number of anilines is 2. The van der Waals surface area contributed by atoms with Gasteiger partial charge in [0.1, 0.15) is 19.1 Å². The number of rotatable bonds is 5. The summed E-state index contributed by atoms with van der Waals surface area (Å²) in [7, 11) is 0. The van der Waals surface area contributed by atoms with Gasteiger partial charge >= 0.3 is 6.03 Å². The van der Waals surface area contributed by atoms with E-state index in [1.165, 1.54) is 6.07 Å². The third-order valence-corrected chi connectivity index (χ3v) is 7.32. The molecule has 2 atom stereocenters. The van der Waals surface area contributed by atoms with Crippen LogP contribution in [-0.2, 0) is 16.0 Å². The van der Waals surface area contributed by atoms with Gasteiger partial charge in [0.05, 0.1) is 18.7 Å². The Morgan fingerprint density at radius 1 is 1.16 bits per heavy atom. The van der Waals surface area contributed by atoms with Crippen molar-refractivity contribution in [2.24, 2.45) is 0 Å². The van der Waals surface area contributed by atoms with Crippen molar-refractivity contribution in [3.63, 3.8) is 0 Å². The van der Waals surface area contributed by atoms with Crippen LogP contribution in [0.5, 0.6) is 5.75 Å². The maximum absolute atomic E-state index is 13.8. The van der Waals surface area contributed by atoms with Crippen molar-refractivity contribution in [2.45, 2.75) is 36.9 Å². The fourth-order valence-corrected chi connectivity index (χ4v) is 5.29. The minimum absolute atomic E-state index is 0.0781. The molecule has 3 aliphatic heterocycles. The van der Waals surface area contributed by atoms with Gasteiger partial charge in [0.25, 0.3) is 0 Å². The lowest BCUT2D eigenvalue weighted by Gasteiger charge is -2.39. The van der Waals surface area contributed by atoms with Crippen molar-refractivity contribution in [2.75, 3.05) is 50.3 Å². The number of halogens is 3. The number of carbonyl (C=O) groups is 2. The summed E-state index contributed by atoms with van der Waals surface area (Å²) in [6, 6.07) is 8.65. The Morgan fingerprint density at radius 3 is 2.81 bits per heavy atom. The zero-order valence-corrected chi connectivity index (χ0v) is 21.0. The van der Waals surface area contributed by atoms with Gasteiger partial charge in [-0.05, 0) is 42.7 Å². The first kappa shape index (κ1) is 25.7. The second-order valence-corrected chi connectivity index (χ2v) is 10.1. The Kier molecular flexibility index (Phi) is 7.50. The average Bonchev–Trinajstić information content (AvgIpc) is 3.17. The van der Waals surface area contributed by atoms with Gasteiger partial charge in [-0.2, -0.15) is 0 Å². The number of hydrogen-bond acceptors (Lipinski definition) is 5. The van der Waals surface area contributed by atoms with Crippen LogP contribution in [0, 0.1) is 0 Å². The molecule has 8 nitrogen and oxygen atoms in total. The SMILES string of the molecule is O=C(Nc1ccc2c(c1)NC(=O)C(N1CCCOCC1)C2)N[C@@H]1CC(CF)(CF)Oc2cc(Cl)ccc21. The van der Waals surface area contributed by atoms with Gasteiger partial charge in [-0.1, -0.05) is 23.7 Å². The van der Waals surface area contributed by atoms with Crippen LogP contribution in [0.1, 0.15) is 30.0 Å². The molecular formula is C26H29ClF2N4O4. The predicted molar refractivity (Wildman–Crippen MR) is 136 cm³/mol. The highest BCUT2D eigenvalue weighted by atomic mass is 35.5. The summed E-state index contributed by atoms with van der Waals surface area (Å²) < 4.78 is 38.7. The molecule has 0 bridgehead atoms. The summed E-state index contributed by atoms with van der Waals surface area (Å²) in [5.74, 6) is 0.156. The van der Waals surface area contributed by atoms with Crippen molar-refractivity contribution in [1.29, 1.82) is 0 Å². The smallest absolute Gasteiger partial charge is 0.319 e. The number of urea groups is 1. The van der Waals surface area contributed by atoms with Crippen molar-refractivity contribution in [1.82, 2.24) is 10.2 Å². The monoisotopic (exact) mass is 534 g/mol. The molecule has 2 aromatic rings. The van der Waals surface area contributed by atoms with Crippen LogP contribution in [-0.4, -0.2) is 68.1 Å². The molecule has 0 saturated carbocycles. The number of benzene rings is 2. The number of amides is 3. The summed E-state index contributed by atoms with van der Waals surface area (Å²) in [4.78, 5) is 27.9. The van der Waals surface area contributed by atoms with E-state index in [2.05, 4.69) is 20.9 Å². The molecule has 3 N–H and O–H groups in total. The minimum atomic E-state index is -1.69. The Labute approximate surface area is 218 Å². The van der Waals surface area contributed by atoms with Crippen molar-refractivity contribution in [3.8, 4) is 5.75 Å². The number of nitrogens with one attached hydrogen (secondary N) is 3. The van der Waals surface area contributed by atoms with Gasteiger partial charge in [0.2, 0.25) is 5.91 Å². The molecule has 1 fully saturated rings. The largest absolute Gasteiger partial charge is 0.481 e. The maximum Gasteiger partial charge on any atom is 0.319 e. The molecule has 0 aromatic heterocycles. The van der Waals surface area contributed by atoms with Crippen LogP contribution in [0.4, 0.5) is 25.0 Å².